The highest BCUT2D eigenvalue weighted by molar-refractivity contribution is 6.45. The molecular formula is C24H20ClN5O4. The van der Waals surface area contributed by atoms with Crippen LogP contribution in [0.2, 0.25) is 5.15 Å². The van der Waals surface area contributed by atoms with Crippen molar-refractivity contribution in [1.82, 2.24) is 24.8 Å². The topological polar surface area (TPSA) is 112 Å². The minimum Gasteiger partial charge on any atom is -0.443 e. The molecule has 0 aliphatic carbocycles. The van der Waals surface area contributed by atoms with E-state index < -0.39 is 11.7 Å². The third-order valence-corrected chi connectivity index (χ3v) is 6.13. The standard InChI is InChI=1S/C24H20ClN5O4/c1-14-12-29(23(32)15-5-3-2-4-6-15)7-8-30(14)24(33)22(31)17-10-27-20-16(18-11-26-13-34-18)9-19(25)28-21(17)20/h2-6,9-11,13-14,27H,7-8,12H2,1H3/t14-/m1/s1. The van der Waals surface area contributed by atoms with E-state index in [0.29, 0.717) is 35.5 Å². The zero-order valence-electron chi connectivity index (χ0n) is 18.2. The lowest BCUT2D eigenvalue weighted by atomic mass is 10.1. The summed E-state index contributed by atoms with van der Waals surface area (Å²) in [6, 6.07) is 10.3. The first-order valence-electron chi connectivity index (χ1n) is 10.7. The molecule has 2 amide bonds. The maximum Gasteiger partial charge on any atom is 0.295 e. The van der Waals surface area contributed by atoms with Gasteiger partial charge in [-0.3, -0.25) is 14.4 Å². The number of carbonyl (C=O) groups excluding carboxylic acids is 3. The lowest BCUT2D eigenvalue weighted by Crippen LogP contribution is -2.56. The number of oxazole rings is 1. The average Bonchev–Trinajstić information content (AvgIpc) is 3.53. The minimum atomic E-state index is -0.695. The van der Waals surface area contributed by atoms with Crippen LogP contribution in [0.1, 0.15) is 27.6 Å². The minimum absolute atomic E-state index is 0.0960. The van der Waals surface area contributed by atoms with Crippen LogP contribution >= 0.6 is 11.6 Å². The molecule has 5 rings (SSSR count). The highest BCUT2D eigenvalue weighted by Gasteiger charge is 2.34. The summed E-state index contributed by atoms with van der Waals surface area (Å²) >= 11 is 6.19. The predicted molar refractivity (Wildman–Crippen MR) is 124 cm³/mol. The Morgan fingerprint density at radius 1 is 1.18 bits per heavy atom. The Labute approximate surface area is 199 Å². The molecule has 1 fully saturated rings. The van der Waals surface area contributed by atoms with Gasteiger partial charge in [0.15, 0.2) is 12.2 Å². The number of H-pyrrole nitrogens is 1. The Morgan fingerprint density at radius 2 is 1.97 bits per heavy atom. The molecule has 1 N–H and O–H groups in total. The average molecular weight is 478 g/mol. The Bertz CT molecular complexity index is 1380. The molecular weight excluding hydrogens is 458 g/mol. The van der Waals surface area contributed by atoms with Crippen LogP contribution in [-0.2, 0) is 4.79 Å². The fourth-order valence-electron chi connectivity index (χ4n) is 4.24. The van der Waals surface area contributed by atoms with Crippen LogP contribution in [0.25, 0.3) is 22.4 Å². The smallest absolute Gasteiger partial charge is 0.295 e. The van der Waals surface area contributed by atoms with Crippen LogP contribution in [-0.4, -0.2) is 68.0 Å². The molecule has 0 radical (unpaired) electrons. The zero-order chi connectivity index (χ0) is 23.8. The number of aromatic amines is 1. The fourth-order valence-corrected chi connectivity index (χ4v) is 4.43. The second kappa shape index (κ2) is 8.75. The van der Waals surface area contributed by atoms with E-state index in [1.807, 2.05) is 25.1 Å². The molecule has 9 nitrogen and oxygen atoms in total. The molecule has 4 heterocycles. The van der Waals surface area contributed by atoms with Crippen LogP contribution in [0.5, 0.6) is 0 Å². The number of carbonyl (C=O) groups is 3. The summed E-state index contributed by atoms with van der Waals surface area (Å²) in [6.07, 6.45) is 4.27. The number of fused-ring (bicyclic) bond motifs is 1. The molecule has 34 heavy (non-hydrogen) atoms. The Hall–Kier alpha value is -3.98. The van der Waals surface area contributed by atoms with Gasteiger partial charge >= 0.3 is 0 Å². The molecule has 4 aromatic rings. The number of aromatic nitrogens is 3. The highest BCUT2D eigenvalue weighted by Crippen LogP contribution is 2.31. The fraction of sp³-hybridized carbons (Fsp3) is 0.208. The SMILES string of the molecule is C[C@@H]1CN(C(=O)c2ccccc2)CCN1C(=O)C(=O)c1c[nH]c2c(-c3cnco3)cc(Cl)nc12. The van der Waals surface area contributed by atoms with Crippen molar-refractivity contribution in [2.75, 3.05) is 19.6 Å². The predicted octanol–water partition coefficient (Wildman–Crippen LogP) is 3.43. The lowest BCUT2D eigenvalue weighted by Gasteiger charge is -2.39. The Balaban J connectivity index is 1.37. The van der Waals surface area contributed by atoms with Crippen molar-refractivity contribution < 1.29 is 18.8 Å². The van der Waals surface area contributed by atoms with Gasteiger partial charge in [-0.1, -0.05) is 29.8 Å². The van der Waals surface area contributed by atoms with Gasteiger partial charge in [-0.25, -0.2) is 9.97 Å². The van der Waals surface area contributed by atoms with E-state index in [-0.39, 0.29) is 34.7 Å². The van der Waals surface area contributed by atoms with E-state index in [4.69, 9.17) is 16.0 Å². The number of hydrogen-bond acceptors (Lipinski definition) is 6. The van der Waals surface area contributed by atoms with Gasteiger partial charge in [0, 0.05) is 43.0 Å². The van der Waals surface area contributed by atoms with Crippen molar-refractivity contribution >= 4 is 40.2 Å². The normalized spacial score (nSPS) is 16.1. The third kappa shape index (κ3) is 3.84. The van der Waals surface area contributed by atoms with Gasteiger partial charge in [-0.05, 0) is 25.1 Å². The Morgan fingerprint density at radius 3 is 2.68 bits per heavy atom. The van der Waals surface area contributed by atoms with E-state index in [1.54, 1.807) is 23.1 Å². The van der Waals surface area contributed by atoms with E-state index in [9.17, 15) is 14.4 Å². The third-order valence-electron chi connectivity index (χ3n) is 5.94. The number of Topliss-reactive ketones (excluding diaryl/α,β-unsaturated/α-hetero) is 1. The number of pyridine rings is 1. The van der Waals surface area contributed by atoms with Gasteiger partial charge in [0.05, 0.1) is 17.3 Å². The summed E-state index contributed by atoms with van der Waals surface area (Å²) in [5, 5.41) is 0.154. The molecule has 0 spiro atoms. The second-order valence-corrected chi connectivity index (χ2v) is 8.47. The molecule has 1 aliphatic rings. The molecule has 0 unspecified atom stereocenters. The van der Waals surface area contributed by atoms with E-state index in [2.05, 4.69) is 15.0 Å². The van der Waals surface area contributed by atoms with Gasteiger partial charge in [0.2, 0.25) is 0 Å². The molecule has 1 atom stereocenters. The number of halogens is 1. The molecule has 10 heteroatoms. The number of benzene rings is 1. The molecule has 3 aromatic heterocycles. The first-order valence-corrected chi connectivity index (χ1v) is 11.1. The highest BCUT2D eigenvalue weighted by atomic mass is 35.5. The summed E-state index contributed by atoms with van der Waals surface area (Å²) in [4.78, 5) is 53.5. The molecule has 1 aromatic carbocycles. The summed E-state index contributed by atoms with van der Waals surface area (Å²) in [5.41, 5.74) is 2.10. The van der Waals surface area contributed by atoms with Crippen molar-refractivity contribution in [2.24, 2.45) is 0 Å². The van der Waals surface area contributed by atoms with E-state index in [1.165, 1.54) is 23.7 Å². The van der Waals surface area contributed by atoms with Gasteiger partial charge in [0.25, 0.3) is 17.6 Å². The van der Waals surface area contributed by atoms with Gasteiger partial charge in [0.1, 0.15) is 10.7 Å². The van der Waals surface area contributed by atoms with Crippen LogP contribution in [0.4, 0.5) is 0 Å². The second-order valence-electron chi connectivity index (χ2n) is 8.08. The number of nitrogens with zero attached hydrogens (tertiary/aromatic N) is 4. The van der Waals surface area contributed by atoms with Crippen LogP contribution in [0, 0.1) is 0 Å². The van der Waals surface area contributed by atoms with E-state index in [0.717, 1.165) is 0 Å². The lowest BCUT2D eigenvalue weighted by molar-refractivity contribution is -0.130. The number of ketones is 1. The summed E-state index contributed by atoms with van der Waals surface area (Å²) in [6.45, 7) is 2.75. The van der Waals surface area contributed by atoms with Crippen LogP contribution in [0.3, 0.4) is 0 Å². The maximum absolute atomic E-state index is 13.2. The van der Waals surface area contributed by atoms with Crippen molar-refractivity contribution in [3.05, 3.63) is 71.5 Å². The summed E-state index contributed by atoms with van der Waals surface area (Å²) in [5.74, 6) is -0.988. The van der Waals surface area contributed by atoms with Crippen molar-refractivity contribution in [1.29, 1.82) is 0 Å². The summed E-state index contributed by atoms with van der Waals surface area (Å²) < 4.78 is 5.36. The zero-order valence-corrected chi connectivity index (χ0v) is 19.0. The quantitative estimate of drug-likeness (QED) is 0.274. The van der Waals surface area contributed by atoms with Gasteiger partial charge in [-0.15, -0.1) is 0 Å². The number of piperazine rings is 1. The molecule has 1 saturated heterocycles. The summed E-state index contributed by atoms with van der Waals surface area (Å²) in [7, 11) is 0. The maximum atomic E-state index is 13.2. The van der Waals surface area contributed by atoms with Crippen molar-refractivity contribution in [2.45, 2.75) is 13.0 Å². The Kier molecular flexibility index (Phi) is 5.62. The van der Waals surface area contributed by atoms with Crippen LogP contribution < -0.4 is 0 Å². The molecule has 172 valence electrons. The first-order chi connectivity index (χ1) is 16.4. The van der Waals surface area contributed by atoms with Crippen LogP contribution in [0.15, 0.2) is 59.6 Å². The number of hydrogen-bond donors (Lipinski definition) is 1. The number of amides is 2. The molecule has 1 aliphatic heterocycles. The van der Waals surface area contributed by atoms with Gasteiger partial charge < -0.3 is 19.2 Å². The van der Waals surface area contributed by atoms with Gasteiger partial charge in [-0.2, -0.15) is 0 Å². The first kappa shape index (κ1) is 21.8. The van der Waals surface area contributed by atoms with E-state index >= 15 is 0 Å². The van der Waals surface area contributed by atoms with Crippen molar-refractivity contribution in [3.63, 3.8) is 0 Å². The number of rotatable bonds is 4. The number of nitrogens with one attached hydrogen (secondary N) is 1. The monoisotopic (exact) mass is 477 g/mol. The largest absolute Gasteiger partial charge is 0.443 e. The molecule has 0 bridgehead atoms. The van der Waals surface area contributed by atoms with Crippen molar-refractivity contribution in [3.8, 4) is 11.3 Å². The molecule has 0 saturated carbocycles.